The maximum Gasteiger partial charge on any atom is 0.218 e. The number of nitrogens with two attached hydrogens (primary N) is 2. The number of nitrogens with zero attached hydrogens (tertiary/aromatic N) is 2. The second kappa shape index (κ2) is 5.37. The third-order valence-electron chi connectivity index (χ3n) is 1.89. The van der Waals surface area contributed by atoms with Gasteiger partial charge in [-0.25, -0.2) is 0 Å². The first-order chi connectivity index (χ1) is 7.52. The van der Waals surface area contributed by atoms with Crippen LogP contribution >= 0.6 is 11.6 Å². The summed E-state index contributed by atoms with van der Waals surface area (Å²) in [5.74, 6) is 0.306. The van der Waals surface area contributed by atoms with E-state index in [-0.39, 0.29) is 11.9 Å². The number of guanidine groups is 2. The Kier molecular flexibility index (Phi) is 4.13. The summed E-state index contributed by atoms with van der Waals surface area (Å²) < 4.78 is 0. The van der Waals surface area contributed by atoms with E-state index in [0.29, 0.717) is 5.02 Å². The molecule has 1 aromatic carbocycles. The highest BCUT2D eigenvalue weighted by Crippen LogP contribution is 2.18. The molecule has 0 fully saturated rings. The second-order valence-electron chi connectivity index (χ2n) is 3.17. The summed E-state index contributed by atoms with van der Waals surface area (Å²) in [4.78, 5) is 7.49. The molecule has 0 aliphatic heterocycles. The Morgan fingerprint density at radius 3 is 2.62 bits per heavy atom. The molecule has 0 aliphatic carbocycles. The smallest absolute Gasteiger partial charge is 0.218 e. The van der Waals surface area contributed by atoms with Crippen molar-refractivity contribution in [2.24, 2.45) is 21.5 Å². The van der Waals surface area contributed by atoms with E-state index in [4.69, 9.17) is 23.1 Å². The summed E-state index contributed by atoms with van der Waals surface area (Å²) in [5, 5.41) is 3.59. The van der Waals surface area contributed by atoms with E-state index >= 15 is 0 Å². The van der Waals surface area contributed by atoms with Gasteiger partial charge in [-0.05, 0) is 30.7 Å². The van der Waals surface area contributed by atoms with E-state index in [0.717, 1.165) is 11.3 Å². The van der Waals surface area contributed by atoms with Crippen LogP contribution in [0, 0.1) is 6.92 Å². The number of anilines is 1. The van der Waals surface area contributed by atoms with Crippen LogP contribution in [0.15, 0.2) is 28.2 Å². The monoisotopic (exact) mass is 239 g/mol. The van der Waals surface area contributed by atoms with Gasteiger partial charge in [0.2, 0.25) is 11.9 Å². The van der Waals surface area contributed by atoms with Crippen LogP contribution in [0.4, 0.5) is 5.69 Å². The van der Waals surface area contributed by atoms with Crippen molar-refractivity contribution in [3.8, 4) is 0 Å². The Labute approximate surface area is 99.2 Å². The van der Waals surface area contributed by atoms with Crippen molar-refractivity contribution < 1.29 is 0 Å². The van der Waals surface area contributed by atoms with Crippen molar-refractivity contribution in [2.45, 2.75) is 6.92 Å². The van der Waals surface area contributed by atoms with Crippen molar-refractivity contribution in [1.82, 2.24) is 0 Å². The van der Waals surface area contributed by atoms with Crippen LogP contribution in [0.3, 0.4) is 0 Å². The number of nitrogens with one attached hydrogen (secondary N) is 1. The molecule has 0 saturated carbocycles. The van der Waals surface area contributed by atoms with E-state index in [1.807, 2.05) is 13.0 Å². The highest BCUT2D eigenvalue weighted by molar-refractivity contribution is 6.31. The third-order valence-corrected chi connectivity index (χ3v) is 2.32. The first-order valence-electron chi connectivity index (χ1n) is 4.62. The SMILES string of the molecule is CN=C(N)N=C(N)Nc1ccc(Cl)c(C)c1. The maximum absolute atomic E-state index is 5.90. The van der Waals surface area contributed by atoms with E-state index in [9.17, 15) is 0 Å². The zero-order chi connectivity index (χ0) is 12.1. The molecule has 1 rings (SSSR count). The zero-order valence-electron chi connectivity index (χ0n) is 9.16. The van der Waals surface area contributed by atoms with E-state index < -0.39 is 0 Å². The summed E-state index contributed by atoms with van der Waals surface area (Å²) >= 11 is 5.90. The van der Waals surface area contributed by atoms with Crippen LogP contribution < -0.4 is 16.8 Å². The highest BCUT2D eigenvalue weighted by Gasteiger charge is 1.99. The quantitative estimate of drug-likeness (QED) is 0.510. The van der Waals surface area contributed by atoms with Crippen LogP contribution in [0.25, 0.3) is 0 Å². The largest absolute Gasteiger partial charge is 0.369 e. The van der Waals surface area contributed by atoms with Gasteiger partial charge in [-0.2, -0.15) is 4.99 Å². The van der Waals surface area contributed by atoms with Crippen molar-refractivity contribution in [3.63, 3.8) is 0 Å². The van der Waals surface area contributed by atoms with Crippen molar-refractivity contribution in [2.75, 3.05) is 12.4 Å². The molecule has 1 aromatic rings. The number of hydrogen-bond donors (Lipinski definition) is 3. The molecule has 0 aromatic heterocycles. The van der Waals surface area contributed by atoms with Gasteiger partial charge in [-0.1, -0.05) is 11.6 Å². The molecule has 0 radical (unpaired) electrons. The van der Waals surface area contributed by atoms with Crippen LogP contribution in [-0.2, 0) is 0 Å². The van der Waals surface area contributed by atoms with Crippen LogP contribution in [0.2, 0.25) is 5.02 Å². The van der Waals surface area contributed by atoms with Gasteiger partial charge < -0.3 is 16.8 Å². The van der Waals surface area contributed by atoms with Gasteiger partial charge in [-0.3, -0.25) is 4.99 Å². The zero-order valence-corrected chi connectivity index (χ0v) is 9.92. The lowest BCUT2D eigenvalue weighted by Gasteiger charge is -2.06. The Hall–Kier alpha value is -1.75. The molecule has 0 spiro atoms. The Balaban J connectivity index is 2.81. The summed E-state index contributed by atoms with van der Waals surface area (Å²) in [7, 11) is 1.54. The number of benzene rings is 1. The number of hydrogen-bond acceptors (Lipinski definition) is 1. The number of rotatable bonds is 1. The van der Waals surface area contributed by atoms with Gasteiger partial charge in [0.25, 0.3) is 0 Å². The predicted molar refractivity (Wildman–Crippen MR) is 69.0 cm³/mol. The molecule has 6 heteroatoms. The summed E-state index contributed by atoms with van der Waals surface area (Å²) in [6.07, 6.45) is 0. The normalized spacial score (nSPS) is 12.7. The van der Waals surface area contributed by atoms with Gasteiger partial charge >= 0.3 is 0 Å². The van der Waals surface area contributed by atoms with Crippen LogP contribution in [0.1, 0.15) is 5.56 Å². The summed E-state index contributed by atoms with van der Waals surface area (Å²) in [5.41, 5.74) is 12.8. The molecule has 0 amide bonds. The molecule has 0 heterocycles. The minimum Gasteiger partial charge on any atom is -0.369 e. The Morgan fingerprint density at radius 2 is 2.06 bits per heavy atom. The van der Waals surface area contributed by atoms with Crippen LogP contribution in [-0.4, -0.2) is 19.0 Å². The maximum atomic E-state index is 5.90. The predicted octanol–water partition coefficient (Wildman–Crippen LogP) is 1.32. The number of aliphatic imine (C=N–C) groups is 2. The molecule has 0 atom stereocenters. The average Bonchev–Trinajstić information content (AvgIpc) is 2.23. The Bertz CT molecular complexity index is 439. The van der Waals surface area contributed by atoms with Gasteiger partial charge in [-0.15, -0.1) is 0 Å². The average molecular weight is 240 g/mol. The van der Waals surface area contributed by atoms with E-state index in [1.54, 1.807) is 19.2 Å². The fourth-order valence-corrected chi connectivity index (χ4v) is 1.19. The highest BCUT2D eigenvalue weighted by atomic mass is 35.5. The molecule has 5 N–H and O–H groups in total. The fourth-order valence-electron chi connectivity index (χ4n) is 1.07. The summed E-state index contributed by atoms with van der Waals surface area (Å²) in [6, 6.07) is 5.45. The summed E-state index contributed by atoms with van der Waals surface area (Å²) in [6.45, 7) is 1.91. The molecule has 5 nitrogen and oxygen atoms in total. The minimum absolute atomic E-state index is 0.121. The first kappa shape index (κ1) is 12.3. The fraction of sp³-hybridized carbons (Fsp3) is 0.200. The molecule has 16 heavy (non-hydrogen) atoms. The molecular weight excluding hydrogens is 226 g/mol. The molecule has 86 valence electrons. The molecule has 0 unspecified atom stereocenters. The molecular formula is C10H14ClN5. The lowest BCUT2D eigenvalue weighted by atomic mass is 10.2. The lowest BCUT2D eigenvalue weighted by molar-refractivity contribution is 1.34. The first-order valence-corrected chi connectivity index (χ1v) is 5.00. The van der Waals surface area contributed by atoms with Crippen molar-refractivity contribution >= 4 is 29.2 Å². The third kappa shape index (κ3) is 3.43. The molecule has 0 bridgehead atoms. The topological polar surface area (TPSA) is 88.8 Å². The number of halogens is 1. The van der Waals surface area contributed by atoms with Gasteiger partial charge in [0, 0.05) is 17.8 Å². The molecule has 0 aliphatic rings. The van der Waals surface area contributed by atoms with E-state index in [2.05, 4.69) is 15.3 Å². The van der Waals surface area contributed by atoms with Crippen LogP contribution in [0.5, 0.6) is 0 Å². The van der Waals surface area contributed by atoms with Crippen molar-refractivity contribution in [1.29, 1.82) is 0 Å². The van der Waals surface area contributed by atoms with Gasteiger partial charge in [0.1, 0.15) is 0 Å². The van der Waals surface area contributed by atoms with Gasteiger partial charge in [0.15, 0.2) is 0 Å². The van der Waals surface area contributed by atoms with Crippen molar-refractivity contribution in [3.05, 3.63) is 28.8 Å². The lowest BCUT2D eigenvalue weighted by Crippen LogP contribution is -2.26. The minimum atomic E-state index is 0.121. The van der Waals surface area contributed by atoms with E-state index in [1.165, 1.54) is 0 Å². The molecule has 0 saturated heterocycles. The second-order valence-corrected chi connectivity index (χ2v) is 3.58. The number of aryl methyl sites for hydroxylation is 1. The standard InChI is InChI=1S/C10H14ClN5/c1-6-5-7(3-4-8(6)11)15-10(13)16-9(12)14-2/h3-5H,1-2H3,(H5,12,13,14,15,16). The Morgan fingerprint density at radius 1 is 1.38 bits per heavy atom. The van der Waals surface area contributed by atoms with Gasteiger partial charge in [0.05, 0.1) is 0 Å².